The van der Waals surface area contributed by atoms with Crippen molar-refractivity contribution in [1.29, 1.82) is 0 Å². The van der Waals surface area contributed by atoms with Crippen molar-refractivity contribution in [3.8, 4) is 0 Å². The van der Waals surface area contributed by atoms with E-state index in [0.717, 1.165) is 22.2 Å². The molecule has 0 radical (unpaired) electrons. The standard InChI is InChI=1S/C21H23NO4S/c1-5-26-21(23)20-15(3)22(19-12-7-6-11-18(19)20)14(2)16-9-8-10-17(13-16)27(4,24)25/h6-14H,5H2,1-4H3. The van der Waals surface area contributed by atoms with Crippen LogP contribution in [0, 0.1) is 6.92 Å². The molecule has 1 atom stereocenters. The fourth-order valence-corrected chi connectivity index (χ4v) is 4.18. The van der Waals surface area contributed by atoms with Crippen molar-refractivity contribution < 1.29 is 17.9 Å². The quantitative estimate of drug-likeness (QED) is 0.619. The SMILES string of the molecule is CCOC(=O)c1c(C)n(C(C)c2cccc(S(C)(=O)=O)c2)c2ccccc12. The predicted octanol–water partition coefficient (Wildman–Crippen LogP) is 4.14. The topological polar surface area (TPSA) is 65.4 Å². The van der Waals surface area contributed by atoms with E-state index in [-0.39, 0.29) is 16.9 Å². The number of hydrogen-bond donors (Lipinski definition) is 0. The summed E-state index contributed by atoms with van der Waals surface area (Å²) in [6, 6.07) is 14.5. The van der Waals surface area contributed by atoms with E-state index < -0.39 is 9.84 Å². The molecule has 2 aromatic carbocycles. The van der Waals surface area contributed by atoms with Crippen molar-refractivity contribution >= 4 is 26.7 Å². The molecule has 0 aliphatic rings. The molecule has 0 aliphatic heterocycles. The third-order valence-corrected chi connectivity index (χ3v) is 5.90. The number of esters is 1. The predicted molar refractivity (Wildman–Crippen MR) is 106 cm³/mol. The smallest absolute Gasteiger partial charge is 0.340 e. The minimum Gasteiger partial charge on any atom is -0.462 e. The number of nitrogens with zero attached hydrogens (tertiary/aromatic N) is 1. The Bertz CT molecular complexity index is 1110. The number of hydrogen-bond acceptors (Lipinski definition) is 4. The minimum atomic E-state index is -3.29. The van der Waals surface area contributed by atoms with Crippen LogP contribution in [-0.2, 0) is 14.6 Å². The molecule has 0 bridgehead atoms. The van der Waals surface area contributed by atoms with Gasteiger partial charge in [-0.1, -0.05) is 30.3 Å². The molecular weight excluding hydrogens is 362 g/mol. The molecule has 0 spiro atoms. The molecule has 142 valence electrons. The molecule has 0 amide bonds. The van der Waals surface area contributed by atoms with Crippen LogP contribution in [0.3, 0.4) is 0 Å². The van der Waals surface area contributed by atoms with Crippen molar-refractivity contribution in [1.82, 2.24) is 4.57 Å². The van der Waals surface area contributed by atoms with E-state index in [1.807, 2.05) is 44.2 Å². The van der Waals surface area contributed by atoms with Gasteiger partial charge in [0.1, 0.15) is 0 Å². The summed E-state index contributed by atoms with van der Waals surface area (Å²) in [5.41, 5.74) is 3.12. The van der Waals surface area contributed by atoms with Gasteiger partial charge in [-0.2, -0.15) is 0 Å². The summed E-state index contributed by atoms with van der Waals surface area (Å²) in [6.07, 6.45) is 1.20. The first-order valence-electron chi connectivity index (χ1n) is 8.82. The maximum Gasteiger partial charge on any atom is 0.340 e. The average molecular weight is 385 g/mol. The number of rotatable bonds is 5. The van der Waals surface area contributed by atoms with Gasteiger partial charge in [0.15, 0.2) is 9.84 Å². The van der Waals surface area contributed by atoms with Gasteiger partial charge in [0.25, 0.3) is 0 Å². The van der Waals surface area contributed by atoms with E-state index in [1.165, 1.54) is 6.26 Å². The molecule has 5 nitrogen and oxygen atoms in total. The summed E-state index contributed by atoms with van der Waals surface area (Å²) in [5.74, 6) is -0.345. The van der Waals surface area contributed by atoms with Crippen LogP contribution in [-0.4, -0.2) is 31.8 Å². The van der Waals surface area contributed by atoms with Crippen LogP contribution in [0.2, 0.25) is 0 Å². The molecule has 27 heavy (non-hydrogen) atoms. The summed E-state index contributed by atoms with van der Waals surface area (Å²) in [4.78, 5) is 12.8. The van der Waals surface area contributed by atoms with Gasteiger partial charge in [-0.25, -0.2) is 13.2 Å². The highest BCUT2D eigenvalue weighted by Gasteiger charge is 2.24. The number of ether oxygens (including phenoxy) is 1. The second kappa shape index (κ2) is 7.19. The van der Waals surface area contributed by atoms with Crippen molar-refractivity contribution in [2.45, 2.75) is 31.7 Å². The zero-order chi connectivity index (χ0) is 19.8. The third-order valence-electron chi connectivity index (χ3n) is 4.79. The van der Waals surface area contributed by atoms with Gasteiger partial charge < -0.3 is 9.30 Å². The van der Waals surface area contributed by atoms with Crippen LogP contribution in [0.4, 0.5) is 0 Å². The number of carbonyl (C=O) groups is 1. The first kappa shape index (κ1) is 19.2. The van der Waals surface area contributed by atoms with Gasteiger partial charge in [0.05, 0.1) is 23.1 Å². The van der Waals surface area contributed by atoms with E-state index in [1.54, 1.807) is 25.1 Å². The Morgan fingerprint density at radius 1 is 1.15 bits per heavy atom. The normalized spacial score (nSPS) is 12.9. The second-order valence-corrected chi connectivity index (χ2v) is 8.60. The van der Waals surface area contributed by atoms with Crippen LogP contribution in [0.1, 0.15) is 41.5 Å². The molecule has 1 aromatic heterocycles. The average Bonchev–Trinajstić information content (AvgIpc) is 2.92. The molecule has 0 N–H and O–H groups in total. The second-order valence-electron chi connectivity index (χ2n) is 6.59. The molecule has 3 aromatic rings. The number of benzene rings is 2. The van der Waals surface area contributed by atoms with Crippen LogP contribution in [0.25, 0.3) is 10.9 Å². The Labute approximate surface area is 159 Å². The van der Waals surface area contributed by atoms with E-state index in [4.69, 9.17) is 4.74 Å². The molecule has 1 heterocycles. The van der Waals surface area contributed by atoms with E-state index >= 15 is 0 Å². The van der Waals surface area contributed by atoms with Crippen molar-refractivity contribution in [2.24, 2.45) is 0 Å². The monoisotopic (exact) mass is 385 g/mol. The van der Waals surface area contributed by atoms with Crippen LogP contribution in [0.5, 0.6) is 0 Å². The zero-order valence-electron chi connectivity index (χ0n) is 15.9. The lowest BCUT2D eigenvalue weighted by Crippen LogP contribution is -2.11. The first-order valence-corrected chi connectivity index (χ1v) is 10.7. The molecule has 3 rings (SSSR count). The summed E-state index contributed by atoms with van der Waals surface area (Å²) in [7, 11) is -3.29. The fraction of sp³-hybridized carbons (Fsp3) is 0.286. The number of para-hydroxylation sites is 1. The Balaban J connectivity index is 2.20. The summed E-state index contributed by atoms with van der Waals surface area (Å²) in [6.45, 7) is 5.98. The molecular formula is C21H23NO4S. The fourth-order valence-electron chi connectivity index (χ4n) is 3.51. The maximum atomic E-state index is 12.5. The molecule has 1 unspecified atom stereocenters. The van der Waals surface area contributed by atoms with Crippen LogP contribution < -0.4 is 0 Å². The summed E-state index contributed by atoms with van der Waals surface area (Å²) >= 11 is 0. The van der Waals surface area contributed by atoms with Crippen molar-refractivity contribution in [3.05, 3.63) is 65.4 Å². The summed E-state index contributed by atoms with van der Waals surface area (Å²) < 4.78 is 31.1. The zero-order valence-corrected chi connectivity index (χ0v) is 16.7. The van der Waals surface area contributed by atoms with E-state index in [0.29, 0.717) is 12.2 Å². The van der Waals surface area contributed by atoms with Crippen molar-refractivity contribution in [3.63, 3.8) is 0 Å². The molecule has 0 saturated heterocycles. The van der Waals surface area contributed by atoms with Crippen molar-refractivity contribution in [2.75, 3.05) is 12.9 Å². The lowest BCUT2D eigenvalue weighted by molar-refractivity contribution is 0.0527. The Morgan fingerprint density at radius 3 is 2.52 bits per heavy atom. The van der Waals surface area contributed by atoms with E-state index in [2.05, 4.69) is 4.57 Å². The highest BCUT2D eigenvalue weighted by Crippen LogP contribution is 2.32. The number of sulfone groups is 1. The van der Waals surface area contributed by atoms with Crippen LogP contribution >= 0.6 is 0 Å². The lowest BCUT2D eigenvalue weighted by Gasteiger charge is -2.19. The molecule has 0 saturated carbocycles. The van der Waals surface area contributed by atoms with Gasteiger partial charge in [0, 0.05) is 22.9 Å². The number of aromatic nitrogens is 1. The molecule has 0 aliphatic carbocycles. The number of carbonyl (C=O) groups excluding carboxylic acids is 1. The van der Waals surface area contributed by atoms with Gasteiger partial charge >= 0.3 is 5.97 Å². The highest BCUT2D eigenvalue weighted by molar-refractivity contribution is 7.90. The van der Waals surface area contributed by atoms with Gasteiger partial charge in [0.2, 0.25) is 0 Å². The lowest BCUT2D eigenvalue weighted by atomic mass is 10.1. The number of fused-ring (bicyclic) bond motifs is 1. The Hall–Kier alpha value is -2.60. The Kier molecular flexibility index (Phi) is 5.11. The summed E-state index contributed by atoms with van der Waals surface area (Å²) in [5, 5.41) is 0.833. The highest BCUT2D eigenvalue weighted by atomic mass is 32.2. The van der Waals surface area contributed by atoms with Gasteiger partial charge in [-0.15, -0.1) is 0 Å². The maximum absolute atomic E-state index is 12.5. The van der Waals surface area contributed by atoms with E-state index in [9.17, 15) is 13.2 Å². The van der Waals surface area contributed by atoms with Gasteiger partial charge in [-0.05, 0) is 44.5 Å². The molecule has 0 fully saturated rings. The van der Waals surface area contributed by atoms with Gasteiger partial charge in [-0.3, -0.25) is 0 Å². The molecule has 6 heteroatoms. The Morgan fingerprint density at radius 2 is 1.85 bits per heavy atom. The van der Waals surface area contributed by atoms with Crippen LogP contribution in [0.15, 0.2) is 53.4 Å². The largest absolute Gasteiger partial charge is 0.462 e. The minimum absolute atomic E-state index is 0.153. The third kappa shape index (κ3) is 3.49. The first-order chi connectivity index (χ1) is 12.8.